The van der Waals surface area contributed by atoms with Crippen LogP contribution in [-0.2, 0) is 6.54 Å². The molecule has 2 aromatic rings. The van der Waals surface area contributed by atoms with Crippen LogP contribution < -0.4 is 11.1 Å². The van der Waals surface area contributed by atoms with Crippen molar-refractivity contribution in [3.05, 3.63) is 71.8 Å². The van der Waals surface area contributed by atoms with Gasteiger partial charge < -0.3 is 20.9 Å². The lowest BCUT2D eigenvalue weighted by Gasteiger charge is -2.35. The van der Waals surface area contributed by atoms with E-state index in [-0.39, 0.29) is 6.04 Å². The van der Waals surface area contributed by atoms with E-state index >= 15 is 0 Å². The summed E-state index contributed by atoms with van der Waals surface area (Å²) in [5, 5.41) is 2.85. The van der Waals surface area contributed by atoms with Gasteiger partial charge in [-0.25, -0.2) is 4.79 Å². The minimum Gasteiger partial charge on any atom is -0.352 e. The molecular weight excluding hydrogens is 348 g/mol. The number of rotatable bonds is 8. The smallest absolute Gasteiger partial charge is 0.312 e. The fourth-order valence-corrected chi connectivity index (χ4v) is 4.10. The molecule has 2 aromatic carbocycles. The van der Waals surface area contributed by atoms with Crippen LogP contribution in [0.15, 0.2) is 60.7 Å². The number of likely N-dealkylation sites (N-methyl/N-ethyl adjacent to an activating group) is 1. The highest BCUT2D eigenvalue weighted by Crippen LogP contribution is 2.21. The Morgan fingerprint density at radius 2 is 1.71 bits per heavy atom. The first-order valence-corrected chi connectivity index (χ1v) is 10.2. The molecule has 0 bridgehead atoms. The highest BCUT2D eigenvalue weighted by atomic mass is 16.2. The number of nitrogens with zero attached hydrogens (tertiary/aromatic N) is 2. The molecule has 0 spiro atoms. The molecular formula is C23H32N4O. The zero-order chi connectivity index (χ0) is 19.8. The lowest BCUT2D eigenvalue weighted by molar-refractivity contribution is 0.173. The van der Waals surface area contributed by atoms with Crippen LogP contribution in [0, 0.1) is 0 Å². The van der Waals surface area contributed by atoms with Crippen molar-refractivity contribution in [1.29, 1.82) is 0 Å². The van der Waals surface area contributed by atoms with Crippen LogP contribution in [0.1, 0.15) is 29.9 Å². The van der Waals surface area contributed by atoms with Crippen molar-refractivity contribution in [1.82, 2.24) is 15.1 Å². The summed E-state index contributed by atoms with van der Waals surface area (Å²) in [6, 6.07) is 21.2. The largest absolute Gasteiger partial charge is 0.352 e. The second-order valence-corrected chi connectivity index (χ2v) is 7.87. The number of benzene rings is 2. The molecule has 0 saturated carbocycles. The third-order valence-corrected chi connectivity index (χ3v) is 5.51. The standard InChI is InChI=1S/C23H32N4O/c1-26(16-19-8-4-2-5-9-19)17-21(20-10-6-3-7-11-20)18-27-14-12-22(13-15-27)25-23(24)28/h2-11,21-22H,12-18H2,1H3,(H3,24,25,28)/t21-/m0/s1. The highest BCUT2D eigenvalue weighted by molar-refractivity contribution is 5.71. The van der Waals surface area contributed by atoms with Gasteiger partial charge in [0.2, 0.25) is 0 Å². The van der Waals surface area contributed by atoms with Crippen LogP contribution in [0.4, 0.5) is 4.79 Å². The Kier molecular flexibility index (Phi) is 7.46. The summed E-state index contributed by atoms with van der Waals surface area (Å²) in [4.78, 5) is 16.0. The monoisotopic (exact) mass is 380 g/mol. The second kappa shape index (κ2) is 10.2. The van der Waals surface area contributed by atoms with Gasteiger partial charge in [0.15, 0.2) is 0 Å². The summed E-state index contributed by atoms with van der Waals surface area (Å²) in [5.74, 6) is 0.454. The molecule has 2 amide bonds. The van der Waals surface area contributed by atoms with Gasteiger partial charge >= 0.3 is 6.03 Å². The minimum atomic E-state index is -0.414. The van der Waals surface area contributed by atoms with E-state index in [1.165, 1.54) is 11.1 Å². The molecule has 1 aliphatic heterocycles. The molecule has 0 aliphatic carbocycles. The van der Waals surface area contributed by atoms with Crippen molar-refractivity contribution in [3.8, 4) is 0 Å². The lowest BCUT2D eigenvalue weighted by atomic mass is 9.96. The summed E-state index contributed by atoms with van der Waals surface area (Å²) in [5.41, 5.74) is 8.00. The predicted molar refractivity (Wildman–Crippen MR) is 114 cm³/mol. The average Bonchev–Trinajstić information content (AvgIpc) is 2.70. The van der Waals surface area contributed by atoms with Gasteiger partial charge in [0.05, 0.1) is 0 Å². The number of likely N-dealkylation sites (tertiary alicyclic amines) is 1. The topological polar surface area (TPSA) is 61.6 Å². The molecule has 3 N–H and O–H groups in total. The number of nitrogens with one attached hydrogen (secondary N) is 1. The van der Waals surface area contributed by atoms with Gasteiger partial charge in [-0.15, -0.1) is 0 Å². The van der Waals surface area contributed by atoms with Gasteiger partial charge in [0.25, 0.3) is 0 Å². The summed E-state index contributed by atoms with van der Waals surface area (Å²) < 4.78 is 0. The number of primary amides is 1. The van der Waals surface area contributed by atoms with E-state index in [4.69, 9.17) is 5.73 Å². The molecule has 0 aromatic heterocycles. The molecule has 5 heteroatoms. The molecule has 1 aliphatic rings. The molecule has 5 nitrogen and oxygen atoms in total. The maximum absolute atomic E-state index is 11.1. The minimum absolute atomic E-state index is 0.213. The van der Waals surface area contributed by atoms with Gasteiger partial charge in [0, 0.05) is 44.7 Å². The van der Waals surface area contributed by atoms with E-state index in [1.807, 2.05) is 0 Å². The molecule has 1 saturated heterocycles. The van der Waals surface area contributed by atoms with Crippen LogP contribution in [-0.4, -0.2) is 55.1 Å². The summed E-state index contributed by atoms with van der Waals surface area (Å²) in [6.07, 6.45) is 1.93. The van der Waals surface area contributed by atoms with Gasteiger partial charge in [-0.2, -0.15) is 0 Å². The van der Waals surface area contributed by atoms with E-state index in [0.29, 0.717) is 5.92 Å². The number of amides is 2. The zero-order valence-electron chi connectivity index (χ0n) is 16.8. The Labute approximate surface area is 168 Å². The predicted octanol–water partition coefficient (Wildman–Crippen LogP) is 3.03. The number of nitrogens with two attached hydrogens (primary N) is 1. The van der Waals surface area contributed by atoms with Crippen molar-refractivity contribution in [3.63, 3.8) is 0 Å². The summed E-state index contributed by atoms with van der Waals surface area (Å²) >= 11 is 0. The zero-order valence-corrected chi connectivity index (χ0v) is 16.8. The van der Waals surface area contributed by atoms with Crippen LogP contribution in [0.3, 0.4) is 0 Å². The fourth-order valence-electron chi connectivity index (χ4n) is 4.10. The Bertz CT molecular complexity index is 714. The average molecular weight is 381 g/mol. The molecule has 1 heterocycles. The molecule has 1 atom stereocenters. The van der Waals surface area contributed by atoms with E-state index < -0.39 is 6.03 Å². The Morgan fingerprint density at radius 3 is 2.32 bits per heavy atom. The molecule has 1 fully saturated rings. The first-order chi connectivity index (χ1) is 13.6. The highest BCUT2D eigenvalue weighted by Gasteiger charge is 2.23. The summed E-state index contributed by atoms with van der Waals surface area (Å²) in [7, 11) is 2.20. The maximum atomic E-state index is 11.1. The first kappa shape index (κ1) is 20.4. The Morgan fingerprint density at radius 1 is 1.11 bits per heavy atom. The quantitative estimate of drug-likeness (QED) is 0.740. The fraction of sp³-hybridized carbons (Fsp3) is 0.435. The first-order valence-electron chi connectivity index (χ1n) is 10.2. The number of hydrogen-bond acceptors (Lipinski definition) is 3. The third-order valence-electron chi connectivity index (χ3n) is 5.51. The SMILES string of the molecule is CN(Cc1ccccc1)C[C@@H](CN1CCC(NC(N)=O)CC1)c1ccccc1. The number of hydrogen-bond donors (Lipinski definition) is 2. The number of carbonyl (C=O) groups excluding carboxylic acids is 1. The summed E-state index contributed by atoms with van der Waals surface area (Å²) in [6.45, 7) is 4.99. The van der Waals surface area contributed by atoms with E-state index in [0.717, 1.165) is 45.6 Å². The van der Waals surface area contributed by atoms with Gasteiger partial charge in [-0.1, -0.05) is 60.7 Å². The van der Waals surface area contributed by atoms with Crippen LogP contribution >= 0.6 is 0 Å². The Hall–Kier alpha value is -2.37. The number of piperidine rings is 1. The van der Waals surface area contributed by atoms with Gasteiger partial charge in [-0.05, 0) is 31.0 Å². The van der Waals surface area contributed by atoms with Crippen molar-refractivity contribution in [2.45, 2.75) is 31.3 Å². The molecule has 0 radical (unpaired) electrons. The van der Waals surface area contributed by atoms with E-state index in [1.54, 1.807) is 0 Å². The van der Waals surface area contributed by atoms with Crippen LogP contribution in [0.5, 0.6) is 0 Å². The van der Waals surface area contributed by atoms with Crippen LogP contribution in [0.25, 0.3) is 0 Å². The second-order valence-electron chi connectivity index (χ2n) is 7.87. The van der Waals surface area contributed by atoms with E-state index in [2.05, 4.69) is 82.8 Å². The van der Waals surface area contributed by atoms with Crippen molar-refractivity contribution >= 4 is 6.03 Å². The number of urea groups is 1. The normalized spacial score (nSPS) is 16.8. The lowest BCUT2D eigenvalue weighted by Crippen LogP contribution is -2.47. The van der Waals surface area contributed by atoms with Crippen LogP contribution in [0.2, 0.25) is 0 Å². The molecule has 150 valence electrons. The Balaban J connectivity index is 1.59. The van der Waals surface area contributed by atoms with E-state index in [9.17, 15) is 4.79 Å². The van der Waals surface area contributed by atoms with Crippen molar-refractivity contribution < 1.29 is 4.79 Å². The van der Waals surface area contributed by atoms with Gasteiger partial charge in [-0.3, -0.25) is 0 Å². The molecule has 0 unspecified atom stereocenters. The maximum Gasteiger partial charge on any atom is 0.312 e. The molecule has 3 rings (SSSR count). The molecule has 28 heavy (non-hydrogen) atoms. The van der Waals surface area contributed by atoms with Gasteiger partial charge in [0.1, 0.15) is 0 Å². The van der Waals surface area contributed by atoms with Crippen molar-refractivity contribution in [2.24, 2.45) is 5.73 Å². The van der Waals surface area contributed by atoms with Crippen molar-refractivity contribution in [2.75, 3.05) is 33.2 Å². The number of carbonyl (C=O) groups is 1. The third kappa shape index (κ3) is 6.36.